The Morgan fingerprint density at radius 1 is 1.20 bits per heavy atom. The Hall–Kier alpha value is -4.47. The Morgan fingerprint density at radius 3 is 2.63 bits per heavy atom. The molecular formula is C22H25FN8O4. The number of aromatic nitrogens is 5. The number of halogens is 1. The van der Waals surface area contributed by atoms with Gasteiger partial charge in [-0.15, -0.1) is 0 Å². The number of hydrogen-bond donors (Lipinski definition) is 3. The summed E-state index contributed by atoms with van der Waals surface area (Å²) in [5.74, 6) is 1.42. The summed E-state index contributed by atoms with van der Waals surface area (Å²) < 4.78 is 30.5. The van der Waals surface area contributed by atoms with Gasteiger partial charge in [0.15, 0.2) is 23.4 Å². The van der Waals surface area contributed by atoms with Crippen LogP contribution >= 0.6 is 0 Å². The smallest absolute Gasteiger partial charge is 0.407 e. The van der Waals surface area contributed by atoms with Crippen molar-refractivity contribution in [3.63, 3.8) is 0 Å². The van der Waals surface area contributed by atoms with Gasteiger partial charge in [0, 0.05) is 6.07 Å². The standard InChI is InChI=1S/C22H25FN8O4/c1-22(2,3)35-21(32)28-7-13(23)12-34-17-10-25-9-16(33-4)20(17)15-5-18(31-30-15)29-19-11-26-14(6-24)8-27-19/h5,8-11,13H,7,12H2,1-4H3,(H,28,32)(H2,27,29,30,31)/t13-/m1/s1. The molecule has 3 rings (SSSR count). The summed E-state index contributed by atoms with van der Waals surface area (Å²) in [6, 6.07) is 3.56. The number of nitriles is 1. The summed E-state index contributed by atoms with van der Waals surface area (Å²) in [6.07, 6.45) is 3.43. The number of carbonyl (C=O) groups excluding carboxylic acids is 1. The van der Waals surface area contributed by atoms with Crippen molar-refractivity contribution in [3.8, 4) is 28.8 Å². The SMILES string of the molecule is COc1cncc(OC[C@H](F)CNC(=O)OC(C)(C)C)c1-c1cc(Nc2cnc(C#N)cn2)n[nH]1. The number of ether oxygens (including phenoxy) is 3. The zero-order chi connectivity index (χ0) is 25.4. The van der Waals surface area contributed by atoms with Crippen molar-refractivity contribution in [1.82, 2.24) is 30.5 Å². The van der Waals surface area contributed by atoms with Crippen molar-refractivity contribution in [3.05, 3.63) is 36.5 Å². The highest BCUT2D eigenvalue weighted by atomic mass is 19.1. The number of alkyl carbamates (subject to hydrolysis) is 1. The zero-order valence-electron chi connectivity index (χ0n) is 19.6. The van der Waals surface area contributed by atoms with Crippen LogP contribution in [0.5, 0.6) is 11.5 Å². The lowest BCUT2D eigenvalue weighted by atomic mass is 10.1. The van der Waals surface area contributed by atoms with Crippen LogP contribution in [0.4, 0.5) is 20.8 Å². The molecule has 3 heterocycles. The number of amides is 1. The van der Waals surface area contributed by atoms with E-state index < -0.39 is 17.9 Å². The molecule has 0 saturated carbocycles. The number of nitrogens with zero attached hydrogens (tertiary/aromatic N) is 5. The van der Waals surface area contributed by atoms with Crippen LogP contribution < -0.4 is 20.1 Å². The summed E-state index contributed by atoms with van der Waals surface area (Å²) in [6.45, 7) is 4.51. The summed E-state index contributed by atoms with van der Waals surface area (Å²) in [5.41, 5.74) is 0.485. The molecule has 0 aliphatic heterocycles. The summed E-state index contributed by atoms with van der Waals surface area (Å²) in [5, 5.41) is 21.2. The molecular weight excluding hydrogens is 459 g/mol. The van der Waals surface area contributed by atoms with Crippen LogP contribution in [-0.2, 0) is 4.74 Å². The number of H-pyrrole nitrogens is 1. The number of anilines is 2. The Kier molecular flexibility index (Phi) is 7.98. The van der Waals surface area contributed by atoms with Gasteiger partial charge in [-0.05, 0) is 20.8 Å². The highest BCUT2D eigenvalue weighted by Gasteiger charge is 2.20. The molecule has 0 radical (unpaired) electrons. The zero-order valence-corrected chi connectivity index (χ0v) is 19.6. The Labute approximate surface area is 200 Å². The summed E-state index contributed by atoms with van der Waals surface area (Å²) in [4.78, 5) is 23.8. The maximum atomic E-state index is 14.4. The lowest BCUT2D eigenvalue weighted by molar-refractivity contribution is 0.0505. The van der Waals surface area contributed by atoms with Crippen molar-refractivity contribution in [2.75, 3.05) is 25.6 Å². The van der Waals surface area contributed by atoms with E-state index in [1.165, 1.54) is 31.9 Å². The largest absolute Gasteiger partial charge is 0.494 e. The third kappa shape index (κ3) is 7.26. The fourth-order valence-electron chi connectivity index (χ4n) is 2.80. The number of nitrogens with one attached hydrogen (secondary N) is 3. The van der Waals surface area contributed by atoms with E-state index in [0.29, 0.717) is 28.6 Å². The van der Waals surface area contributed by atoms with Gasteiger partial charge < -0.3 is 24.8 Å². The minimum atomic E-state index is -1.50. The molecule has 1 atom stereocenters. The second-order valence-electron chi connectivity index (χ2n) is 8.20. The van der Waals surface area contributed by atoms with Gasteiger partial charge in [0.05, 0.1) is 49.7 Å². The molecule has 13 heteroatoms. The van der Waals surface area contributed by atoms with Crippen LogP contribution in [0.2, 0.25) is 0 Å². The van der Waals surface area contributed by atoms with E-state index in [1.807, 2.05) is 6.07 Å². The topological polar surface area (TPSA) is 160 Å². The fraction of sp³-hybridized carbons (Fsp3) is 0.364. The molecule has 0 aliphatic rings. The Balaban J connectivity index is 1.68. The lowest BCUT2D eigenvalue weighted by Gasteiger charge is -2.20. The van der Waals surface area contributed by atoms with Gasteiger partial charge in [0.2, 0.25) is 0 Å². The van der Waals surface area contributed by atoms with Crippen molar-refractivity contribution in [2.45, 2.75) is 32.5 Å². The van der Waals surface area contributed by atoms with E-state index in [9.17, 15) is 9.18 Å². The van der Waals surface area contributed by atoms with E-state index in [1.54, 1.807) is 26.8 Å². The maximum absolute atomic E-state index is 14.4. The molecule has 0 spiro atoms. The van der Waals surface area contributed by atoms with Gasteiger partial charge in [-0.3, -0.25) is 10.1 Å². The Bertz CT molecular complexity index is 1190. The van der Waals surface area contributed by atoms with Crippen LogP contribution in [0.3, 0.4) is 0 Å². The first-order valence-electron chi connectivity index (χ1n) is 10.5. The predicted molar refractivity (Wildman–Crippen MR) is 123 cm³/mol. The first-order chi connectivity index (χ1) is 16.7. The summed E-state index contributed by atoms with van der Waals surface area (Å²) in [7, 11) is 1.47. The number of aromatic amines is 1. The monoisotopic (exact) mass is 484 g/mol. The van der Waals surface area contributed by atoms with Crippen molar-refractivity contribution in [1.29, 1.82) is 5.26 Å². The number of alkyl halides is 1. The highest BCUT2D eigenvalue weighted by Crippen LogP contribution is 2.37. The van der Waals surface area contributed by atoms with E-state index in [0.717, 1.165) is 0 Å². The molecule has 3 aromatic rings. The van der Waals surface area contributed by atoms with Crippen molar-refractivity contribution in [2.24, 2.45) is 0 Å². The van der Waals surface area contributed by atoms with Gasteiger partial charge in [0.1, 0.15) is 29.8 Å². The first-order valence-corrected chi connectivity index (χ1v) is 10.5. The first kappa shape index (κ1) is 25.2. The fourth-order valence-corrected chi connectivity index (χ4v) is 2.80. The van der Waals surface area contributed by atoms with Gasteiger partial charge in [0.25, 0.3) is 0 Å². The molecule has 1 amide bonds. The third-order valence-electron chi connectivity index (χ3n) is 4.25. The maximum Gasteiger partial charge on any atom is 0.407 e. The average Bonchev–Trinajstić information content (AvgIpc) is 3.28. The molecule has 3 N–H and O–H groups in total. The van der Waals surface area contributed by atoms with Crippen LogP contribution in [-0.4, -0.2) is 63.3 Å². The van der Waals surface area contributed by atoms with Gasteiger partial charge in [-0.1, -0.05) is 0 Å². The normalized spacial score (nSPS) is 11.8. The second-order valence-corrected chi connectivity index (χ2v) is 8.20. The molecule has 12 nitrogen and oxygen atoms in total. The minimum absolute atomic E-state index is 0.189. The summed E-state index contributed by atoms with van der Waals surface area (Å²) >= 11 is 0. The highest BCUT2D eigenvalue weighted by molar-refractivity contribution is 5.75. The van der Waals surface area contributed by atoms with Gasteiger partial charge >= 0.3 is 6.09 Å². The molecule has 0 aliphatic carbocycles. The molecule has 0 fully saturated rings. The number of pyridine rings is 1. The number of carbonyl (C=O) groups is 1. The lowest BCUT2D eigenvalue weighted by Crippen LogP contribution is -2.37. The van der Waals surface area contributed by atoms with Crippen molar-refractivity contribution < 1.29 is 23.4 Å². The van der Waals surface area contributed by atoms with E-state index in [-0.39, 0.29) is 24.6 Å². The molecule has 0 saturated heterocycles. The predicted octanol–water partition coefficient (Wildman–Crippen LogP) is 3.13. The molecule has 0 bridgehead atoms. The van der Waals surface area contributed by atoms with E-state index in [2.05, 4.69) is 35.8 Å². The van der Waals surface area contributed by atoms with E-state index in [4.69, 9.17) is 19.5 Å². The average molecular weight is 484 g/mol. The van der Waals surface area contributed by atoms with Gasteiger partial charge in [-0.2, -0.15) is 10.4 Å². The third-order valence-corrected chi connectivity index (χ3v) is 4.25. The quantitative estimate of drug-likeness (QED) is 0.412. The molecule has 3 aromatic heterocycles. The van der Waals surface area contributed by atoms with Crippen LogP contribution in [0, 0.1) is 11.3 Å². The Morgan fingerprint density at radius 2 is 1.97 bits per heavy atom. The van der Waals surface area contributed by atoms with Crippen molar-refractivity contribution >= 4 is 17.7 Å². The second kappa shape index (κ2) is 11.1. The molecule has 184 valence electrons. The number of methoxy groups -OCH3 is 1. The van der Waals surface area contributed by atoms with Crippen LogP contribution in [0.25, 0.3) is 11.3 Å². The van der Waals surface area contributed by atoms with Crippen LogP contribution in [0.15, 0.2) is 30.9 Å². The molecule has 0 aromatic carbocycles. The molecule has 35 heavy (non-hydrogen) atoms. The van der Waals surface area contributed by atoms with E-state index >= 15 is 0 Å². The minimum Gasteiger partial charge on any atom is -0.494 e. The number of hydrogen-bond acceptors (Lipinski definition) is 10. The molecule has 0 unspecified atom stereocenters. The van der Waals surface area contributed by atoms with Crippen LogP contribution in [0.1, 0.15) is 26.5 Å². The number of rotatable bonds is 9. The van der Waals surface area contributed by atoms with Gasteiger partial charge in [-0.25, -0.2) is 19.2 Å².